The molecule has 24 heavy (non-hydrogen) atoms. The highest BCUT2D eigenvalue weighted by Crippen LogP contribution is 2.24. The van der Waals surface area contributed by atoms with E-state index in [1.54, 1.807) is 0 Å². The fraction of sp³-hybridized carbons (Fsp3) is 0.800. The Labute approximate surface area is 146 Å². The molecular weight excluding hydrogens is 304 g/mol. The van der Waals surface area contributed by atoms with Gasteiger partial charge in [-0.15, -0.1) is 0 Å². The average molecular weight is 338 g/mol. The van der Waals surface area contributed by atoms with Crippen molar-refractivity contribution in [2.75, 3.05) is 0 Å². The number of carbonyl (C=O) groups excluding carboxylic acids is 2. The fourth-order valence-electron chi connectivity index (χ4n) is 3.21. The highest BCUT2D eigenvalue weighted by Gasteiger charge is 2.50. The van der Waals surface area contributed by atoms with Crippen molar-refractivity contribution >= 4 is 11.6 Å². The van der Waals surface area contributed by atoms with Crippen LogP contribution in [0.2, 0.25) is 0 Å². The summed E-state index contributed by atoms with van der Waals surface area (Å²) in [6.45, 7) is 2.23. The summed E-state index contributed by atoms with van der Waals surface area (Å²) in [5.41, 5.74) is -2.22. The molecule has 1 aliphatic rings. The number of ketones is 2. The zero-order valence-electron chi connectivity index (χ0n) is 15.1. The predicted octanol–water partition coefficient (Wildman–Crippen LogP) is 3.88. The Morgan fingerprint density at radius 2 is 1.42 bits per heavy atom. The number of hydrogen-bond acceptors (Lipinski definition) is 4. The first-order chi connectivity index (χ1) is 11.5. The molecule has 0 bridgehead atoms. The molecule has 2 unspecified atom stereocenters. The van der Waals surface area contributed by atoms with Crippen LogP contribution in [-0.2, 0) is 9.59 Å². The first-order valence-corrected chi connectivity index (χ1v) is 9.69. The molecule has 0 radical (unpaired) electrons. The van der Waals surface area contributed by atoms with Crippen LogP contribution in [0.15, 0.2) is 12.2 Å². The SMILES string of the molecule is CCCCCCCCCCCCCCC(=O)C1(O)C(=O)C=CC1O. The molecule has 0 saturated heterocycles. The molecule has 0 aliphatic heterocycles. The summed E-state index contributed by atoms with van der Waals surface area (Å²) in [4.78, 5) is 23.5. The molecule has 1 rings (SSSR count). The minimum atomic E-state index is -2.22. The largest absolute Gasteiger partial charge is 0.385 e. The van der Waals surface area contributed by atoms with Gasteiger partial charge in [0, 0.05) is 6.42 Å². The standard InChI is InChI=1S/C20H34O4/c1-2-3-4-5-6-7-8-9-10-11-12-13-14-17(21)20(24)18(22)15-16-19(20)23/h15-16,18,22,24H,2-14H2,1H3. The van der Waals surface area contributed by atoms with Crippen LogP contribution >= 0.6 is 0 Å². The van der Waals surface area contributed by atoms with Crippen molar-refractivity contribution in [3.63, 3.8) is 0 Å². The van der Waals surface area contributed by atoms with Crippen LogP contribution in [0.4, 0.5) is 0 Å². The zero-order chi connectivity index (χ0) is 17.8. The van der Waals surface area contributed by atoms with Gasteiger partial charge in [0.25, 0.3) is 0 Å². The minimum absolute atomic E-state index is 0.151. The van der Waals surface area contributed by atoms with E-state index in [1.807, 2.05) is 0 Å². The molecule has 1 aliphatic carbocycles. The van der Waals surface area contributed by atoms with Crippen LogP contribution in [0.3, 0.4) is 0 Å². The van der Waals surface area contributed by atoms with Gasteiger partial charge in [-0.1, -0.05) is 77.6 Å². The smallest absolute Gasteiger partial charge is 0.215 e. The first kappa shape index (κ1) is 21.0. The van der Waals surface area contributed by atoms with Gasteiger partial charge in [-0.3, -0.25) is 9.59 Å². The topological polar surface area (TPSA) is 74.6 Å². The molecule has 0 amide bonds. The van der Waals surface area contributed by atoms with E-state index in [4.69, 9.17) is 0 Å². The Kier molecular flexibility index (Phi) is 10.1. The van der Waals surface area contributed by atoms with Crippen molar-refractivity contribution < 1.29 is 19.8 Å². The average Bonchev–Trinajstić information content (AvgIpc) is 2.84. The minimum Gasteiger partial charge on any atom is -0.385 e. The Morgan fingerprint density at radius 3 is 1.83 bits per heavy atom. The second-order valence-electron chi connectivity index (χ2n) is 7.00. The lowest BCUT2D eigenvalue weighted by molar-refractivity contribution is -0.154. The first-order valence-electron chi connectivity index (χ1n) is 9.69. The van der Waals surface area contributed by atoms with Gasteiger partial charge in [-0.25, -0.2) is 0 Å². The normalized spacial score (nSPS) is 23.1. The molecule has 0 fully saturated rings. The third kappa shape index (κ3) is 6.48. The molecule has 0 saturated carbocycles. The van der Waals surface area contributed by atoms with E-state index in [2.05, 4.69) is 6.92 Å². The number of unbranched alkanes of at least 4 members (excludes halogenated alkanes) is 11. The van der Waals surface area contributed by atoms with E-state index in [9.17, 15) is 19.8 Å². The van der Waals surface area contributed by atoms with E-state index >= 15 is 0 Å². The Morgan fingerprint density at radius 1 is 0.958 bits per heavy atom. The fourth-order valence-corrected chi connectivity index (χ4v) is 3.21. The third-order valence-electron chi connectivity index (χ3n) is 4.92. The molecular formula is C20H34O4. The Bertz CT molecular complexity index is 416. The van der Waals surface area contributed by atoms with Crippen LogP contribution in [0.25, 0.3) is 0 Å². The van der Waals surface area contributed by atoms with Crippen LogP contribution in [-0.4, -0.2) is 33.5 Å². The molecule has 0 spiro atoms. The van der Waals surface area contributed by atoms with Gasteiger partial charge in [0.2, 0.25) is 5.60 Å². The maximum absolute atomic E-state index is 12.0. The zero-order valence-corrected chi connectivity index (χ0v) is 15.1. The Hall–Kier alpha value is -1.00. The summed E-state index contributed by atoms with van der Waals surface area (Å²) in [6, 6.07) is 0. The van der Waals surface area contributed by atoms with Gasteiger partial charge < -0.3 is 10.2 Å². The van der Waals surface area contributed by atoms with Gasteiger partial charge in [0.05, 0.1) is 0 Å². The van der Waals surface area contributed by atoms with Gasteiger partial charge in [-0.2, -0.15) is 0 Å². The molecule has 138 valence electrons. The van der Waals surface area contributed by atoms with Gasteiger partial charge in [-0.05, 0) is 18.6 Å². The number of aliphatic hydroxyl groups excluding tert-OH is 1. The quantitative estimate of drug-likeness (QED) is 0.372. The predicted molar refractivity (Wildman–Crippen MR) is 95.8 cm³/mol. The van der Waals surface area contributed by atoms with Crippen molar-refractivity contribution in [2.45, 2.75) is 102 Å². The molecule has 4 heteroatoms. The van der Waals surface area contributed by atoms with Gasteiger partial charge >= 0.3 is 0 Å². The molecule has 0 aromatic heterocycles. The van der Waals surface area contributed by atoms with E-state index < -0.39 is 23.3 Å². The maximum atomic E-state index is 12.0. The van der Waals surface area contributed by atoms with E-state index in [0.29, 0.717) is 6.42 Å². The van der Waals surface area contributed by atoms with Crippen molar-refractivity contribution in [1.29, 1.82) is 0 Å². The number of rotatable bonds is 14. The number of carbonyl (C=O) groups is 2. The van der Waals surface area contributed by atoms with E-state index in [0.717, 1.165) is 18.9 Å². The summed E-state index contributed by atoms with van der Waals surface area (Å²) in [7, 11) is 0. The van der Waals surface area contributed by atoms with Crippen molar-refractivity contribution in [2.24, 2.45) is 0 Å². The summed E-state index contributed by atoms with van der Waals surface area (Å²) < 4.78 is 0. The second-order valence-corrected chi connectivity index (χ2v) is 7.00. The number of aliphatic hydroxyl groups is 2. The van der Waals surface area contributed by atoms with Crippen molar-refractivity contribution in [3.05, 3.63) is 12.2 Å². The molecule has 0 aromatic rings. The number of Topliss-reactive ketones (excluding diaryl/α,β-unsaturated/α-hetero) is 1. The second kappa shape index (κ2) is 11.5. The summed E-state index contributed by atoms with van der Waals surface area (Å²) >= 11 is 0. The summed E-state index contributed by atoms with van der Waals surface area (Å²) in [6.07, 6.45) is 15.4. The highest BCUT2D eigenvalue weighted by molar-refractivity contribution is 6.17. The lowest BCUT2D eigenvalue weighted by atomic mass is 9.89. The molecule has 2 N–H and O–H groups in total. The van der Waals surface area contributed by atoms with Crippen LogP contribution < -0.4 is 0 Å². The lowest BCUT2D eigenvalue weighted by Gasteiger charge is -2.23. The summed E-state index contributed by atoms with van der Waals surface area (Å²) in [5.74, 6) is -1.25. The van der Waals surface area contributed by atoms with Crippen molar-refractivity contribution in [3.8, 4) is 0 Å². The molecule has 0 aromatic carbocycles. The monoisotopic (exact) mass is 338 g/mol. The maximum Gasteiger partial charge on any atom is 0.215 e. The van der Waals surface area contributed by atoms with E-state index in [1.165, 1.54) is 63.9 Å². The third-order valence-corrected chi connectivity index (χ3v) is 4.92. The molecule has 2 atom stereocenters. The summed E-state index contributed by atoms with van der Waals surface area (Å²) in [5, 5.41) is 19.7. The molecule has 0 heterocycles. The Balaban J connectivity index is 1.97. The van der Waals surface area contributed by atoms with Crippen LogP contribution in [0.1, 0.15) is 90.4 Å². The van der Waals surface area contributed by atoms with Gasteiger partial charge in [0.15, 0.2) is 11.6 Å². The lowest BCUT2D eigenvalue weighted by Crippen LogP contribution is -2.51. The van der Waals surface area contributed by atoms with Gasteiger partial charge in [0.1, 0.15) is 6.10 Å². The van der Waals surface area contributed by atoms with Crippen molar-refractivity contribution in [1.82, 2.24) is 0 Å². The van der Waals surface area contributed by atoms with Crippen LogP contribution in [0, 0.1) is 0 Å². The number of hydrogen-bond donors (Lipinski definition) is 2. The van der Waals surface area contributed by atoms with Crippen LogP contribution in [0.5, 0.6) is 0 Å². The highest BCUT2D eigenvalue weighted by atomic mass is 16.4. The molecule has 4 nitrogen and oxygen atoms in total. The van der Waals surface area contributed by atoms with E-state index in [-0.39, 0.29) is 6.42 Å².